The Kier molecular flexibility index (Phi) is 3.57. The quantitative estimate of drug-likeness (QED) is 0.496. The molecule has 5 nitrogen and oxygen atoms in total. The maximum absolute atomic E-state index is 4.49. The van der Waals surface area contributed by atoms with Crippen molar-refractivity contribution in [1.82, 2.24) is 19.5 Å². The van der Waals surface area contributed by atoms with Crippen molar-refractivity contribution in [2.24, 2.45) is 0 Å². The number of para-hydroxylation sites is 2. The van der Waals surface area contributed by atoms with E-state index in [1.165, 1.54) is 5.56 Å². The second kappa shape index (κ2) is 6.21. The van der Waals surface area contributed by atoms with Gasteiger partial charge < -0.3 is 5.32 Å². The van der Waals surface area contributed by atoms with Gasteiger partial charge in [-0.2, -0.15) is 0 Å². The van der Waals surface area contributed by atoms with Crippen molar-refractivity contribution in [3.63, 3.8) is 0 Å². The Labute approximate surface area is 156 Å². The zero-order valence-corrected chi connectivity index (χ0v) is 14.8. The molecule has 0 bridgehead atoms. The number of anilines is 2. The van der Waals surface area contributed by atoms with E-state index in [9.17, 15) is 0 Å². The third-order valence-electron chi connectivity index (χ3n) is 4.63. The van der Waals surface area contributed by atoms with Gasteiger partial charge in [0, 0.05) is 16.8 Å². The van der Waals surface area contributed by atoms with E-state index in [1.807, 2.05) is 42.7 Å². The van der Waals surface area contributed by atoms with Crippen molar-refractivity contribution in [2.45, 2.75) is 6.92 Å². The molecule has 5 rings (SSSR count). The van der Waals surface area contributed by atoms with E-state index in [0.29, 0.717) is 0 Å². The Hall–Kier alpha value is -3.73. The number of aromatic nitrogens is 4. The van der Waals surface area contributed by atoms with E-state index >= 15 is 0 Å². The molecule has 2 heterocycles. The fourth-order valence-electron chi connectivity index (χ4n) is 3.32. The molecule has 1 N–H and O–H groups in total. The van der Waals surface area contributed by atoms with Crippen molar-refractivity contribution in [3.8, 4) is 5.69 Å². The molecule has 0 atom stereocenters. The third kappa shape index (κ3) is 2.79. The molecule has 27 heavy (non-hydrogen) atoms. The van der Waals surface area contributed by atoms with Crippen LogP contribution in [-0.2, 0) is 0 Å². The lowest BCUT2D eigenvalue weighted by molar-refractivity contribution is 1.09. The first kappa shape index (κ1) is 15.5. The Morgan fingerprint density at radius 2 is 1.74 bits per heavy atom. The molecule has 0 saturated carbocycles. The average Bonchev–Trinajstić information content (AvgIpc) is 3.12. The Bertz CT molecular complexity index is 1270. The highest BCUT2D eigenvalue weighted by Gasteiger charge is 2.09. The van der Waals surface area contributed by atoms with Gasteiger partial charge in [0.15, 0.2) is 0 Å². The van der Waals surface area contributed by atoms with Gasteiger partial charge in [-0.1, -0.05) is 24.3 Å². The first-order chi connectivity index (χ1) is 13.3. The normalized spacial score (nSPS) is 11.1. The summed E-state index contributed by atoms with van der Waals surface area (Å²) in [5.74, 6) is 0.789. The second-order valence-corrected chi connectivity index (χ2v) is 6.52. The van der Waals surface area contributed by atoms with Gasteiger partial charge in [0.2, 0.25) is 0 Å². The van der Waals surface area contributed by atoms with Crippen LogP contribution in [0.5, 0.6) is 0 Å². The Morgan fingerprint density at radius 1 is 0.815 bits per heavy atom. The lowest BCUT2D eigenvalue weighted by atomic mass is 10.2. The van der Waals surface area contributed by atoms with E-state index in [2.05, 4.69) is 62.1 Å². The summed E-state index contributed by atoms with van der Waals surface area (Å²) in [7, 11) is 0. The number of nitrogens with one attached hydrogen (secondary N) is 1. The highest BCUT2D eigenvalue weighted by molar-refractivity contribution is 5.92. The van der Waals surface area contributed by atoms with E-state index in [-0.39, 0.29) is 0 Å². The van der Waals surface area contributed by atoms with Crippen LogP contribution < -0.4 is 5.32 Å². The van der Waals surface area contributed by atoms with Gasteiger partial charge >= 0.3 is 0 Å². The summed E-state index contributed by atoms with van der Waals surface area (Å²) in [4.78, 5) is 13.4. The Morgan fingerprint density at radius 3 is 2.67 bits per heavy atom. The minimum absolute atomic E-state index is 0.789. The van der Waals surface area contributed by atoms with Crippen LogP contribution in [0, 0.1) is 6.92 Å². The first-order valence-electron chi connectivity index (χ1n) is 8.79. The summed E-state index contributed by atoms with van der Waals surface area (Å²) in [5, 5.41) is 4.39. The first-order valence-corrected chi connectivity index (χ1v) is 8.79. The summed E-state index contributed by atoms with van der Waals surface area (Å²) in [5.41, 5.74) is 6.17. The molecule has 0 radical (unpaired) electrons. The van der Waals surface area contributed by atoms with Crippen LogP contribution in [0.15, 0.2) is 79.4 Å². The number of hydrogen-bond donors (Lipinski definition) is 1. The van der Waals surface area contributed by atoms with Gasteiger partial charge in [-0.15, -0.1) is 0 Å². The summed E-state index contributed by atoms with van der Waals surface area (Å²) in [6.07, 6.45) is 3.44. The van der Waals surface area contributed by atoms with Crippen molar-refractivity contribution in [1.29, 1.82) is 0 Å². The molecule has 0 fully saturated rings. The van der Waals surface area contributed by atoms with Crippen LogP contribution in [0.3, 0.4) is 0 Å². The number of rotatable bonds is 3. The molecule has 0 aliphatic carbocycles. The van der Waals surface area contributed by atoms with Gasteiger partial charge in [-0.05, 0) is 55.0 Å². The zero-order valence-electron chi connectivity index (χ0n) is 14.8. The fraction of sp³-hybridized carbons (Fsp3) is 0.0455. The van der Waals surface area contributed by atoms with Crippen LogP contribution >= 0.6 is 0 Å². The highest BCUT2D eigenvalue weighted by Crippen LogP contribution is 2.27. The van der Waals surface area contributed by atoms with Gasteiger partial charge in [-0.25, -0.2) is 15.0 Å². The maximum Gasteiger partial charge on any atom is 0.141 e. The lowest BCUT2D eigenvalue weighted by Gasteiger charge is -2.11. The predicted octanol–water partition coefficient (Wildman–Crippen LogP) is 5.02. The predicted molar refractivity (Wildman–Crippen MR) is 109 cm³/mol. The highest BCUT2D eigenvalue weighted by atomic mass is 15.1. The number of hydrogen-bond acceptors (Lipinski definition) is 4. The standard InChI is InChI=1S/C22H17N5/c1-15-5-4-6-16(11-15)26-22-18-12-17(9-10-19(18)23-13-24-22)27-14-25-20-7-2-3-8-21(20)27/h2-14H,1H3,(H,23,24,26). The topological polar surface area (TPSA) is 55.6 Å². The van der Waals surface area contributed by atoms with Gasteiger partial charge in [-0.3, -0.25) is 4.57 Å². The van der Waals surface area contributed by atoms with Crippen LogP contribution in [0.25, 0.3) is 27.6 Å². The van der Waals surface area contributed by atoms with Crippen molar-refractivity contribution >= 4 is 33.4 Å². The van der Waals surface area contributed by atoms with Crippen molar-refractivity contribution in [2.75, 3.05) is 5.32 Å². The lowest BCUT2D eigenvalue weighted by Crippen LogP contribution is -1.98. The van der Waals surface area contributed by atoms with E-state index in [0.717, 1.165) is 39.1 Å². The van der Waals surface area contributed by atoms with E-state index < -0.39 is 0 Å². The van der Waals surface area contributed by atoms with Crippen molar-refractivity contribution < 1.29 is 0 Å². The van der Waals surface area contributed by atoms with Gasteiger partial charge in [0.05, 0.1) is 16.6 Å². The molecule has 0 aliphatic heterocycles. The number of benzene rings is 3. The smallest absolute Gasteiger partial charge is 0.141 e. The molecule has 0 unspecified atom stereocenters. The van der Waals surface area contributed by atoms with E-state index in [1.54, 1.807) is 6.33 Å². The molecule has 5 aromatic rings. The number of imidazole rings is 1. The number of aryl methyl sites for hydroxylation is 1. The summed E-state index contributed by atoms with van der Waals surface area (Å²) < 4.78 is 2.08. The molecule has 0 aliphatic rings. The Balaban J connectivity index is 1.64. The molecule has 0 spiro atoms. The molecule has 130 valence electrons. The molecule has 3 aromatic carbocycles. The molecule has 2 aromatic heterocycles. The van der Waals surface area contributed by atoms with Gasteiger partial charge in [0.25, 0.3) is 0 Å². The minimum Gasteiger partial charge on any atom is -0.340 e. The van der Waals surface area contributed by atoms with Crippen LogP contribution in [0.1, 0.15) is 5.56 Å². The second-order valence-electron chi connectivity index (χ2n) is 6.52. The summed E-state index contributed by atoms with van der Waals surface area (Å²) in [6.45, 7) is 2.07. The number of fused-ring (bicyclic) bond motifs is 2. The fourth-order valence-corrected chi connectivity index (χ4v) is 3.32. The summed E-state index contributed by atoms with van der Waals surface area (Å²) in [6, 6.07) is 22.5. The zero-order chi connectivity index (χ0) is 18.2. The van der Waals surface area contributed by atoms with Gasteiger partial charge in [0.1, 0.15) is 18.5 Å². The monoisotopic (exact) mass is 351 g/mol. The summed E-state index contributed by atoms with van der Waals surface area (Å²) >= 11 is 0. The number of nitrogens with zero attached hydrogens (tertiary/aromatic N) is 4. The maximum atomic E-state index is 4.49. The molecular weight excluding hydrogens is 334 g/mol. The molecular formula is C22H17N5. The van der Waals surface area contributed by atoms with E-state index in [4.69, 9.17) is 0 Å². The van der Waals surface area contributed by atoms with Crippen LogP contribution in [0.4, 0.5) is 11.5 Å². The third-order valence-corrected chi connectivity index (χ3v) is 4.63. The van der Waals surface area contributed by atoms with Crippen molar-refractivity contribution in [3.05, 3.63) is 84.9 Å². The average molecular weight is 351 g/mol. The SMILES string of the molecule is Cc1cccc(Nc2ncnc3ccc(-n4cnc5ccccc54)cc23)c1. The van der Waals surface area contributed by atoms with Crippen LogP contribution in [-0.4, -0.2) is 19.5 Å². The van der Waals surface area contributed by atoms with Crippen LogP contribution in [0.2, 0.25) is 0 Å². The minimum atomic E-state index is 0.789. The molecule has 0 amide bonds. The molecule has 5 heteroatoms. The largest absolute Gasteiger partial charge is 0.340 e. The molecule has 0 saturated heterocycles.